The largest absolute Gasteiger partial charge is 0.465 e. The van der Waals surface area contributed by atoms with Gasteiger partial charge in [-0.3, -0.25) is 9.89 Å². The Kier molecular flexibility index (Phi) is 9.33. The van der Waals surface area contributed by atoms with Crippen LogP contribution >= 0.6 is 24.0 Å². The van der Waals surface area contributed by atoms with Crippen LogP contribution in [0.3, 0.4) is 0 Å². The molecule has 0 saturated carbocycles. The highest BCUT2D eigenvalue weighted by atomic mass is 127. The van der Waals surface area contributed by atoms with Gasteiger partial charge in [0.1, 0.15) is 17.8 Å². The molecule has 3 aromatic rings. The third kappa shape index (κ3) is 6.81. The van der Waals surface area contributed by atoms with E-state index < -0.39 is 0 Å². The quantitative estimate of drug-likeness (QED) is 0.255. The number of nitrogens with zero attached hydrogens (tertiary/aromatic N) is 3. The Labute approximate surface area is 211 Å². The van der Waals surface area contributed by atoms with Crippen LogP contribution < -0.4 is 10.6 Å². The van der Waals surface area contributed by atoms with Gasteiger partial charge in [-0.1, -0.05) is 17.7 Å². The molecule has 2 N–H and O–H groups in total. The maximum absolute atomic E-state index is 5.94. The van der Waals surface area contributed by atoms with Gasteiger partial charge in [-0.05, 0) is 38.1 Å². The minimum Gasteiger partial charge on any atom is -0.465 e. The van der Waals surface area contributed by atoms with Crippen molar-refractivity contribution in [2.45, 2.75) is 26.4 Å². The van der Waals surface area contributed by atoms with Gasteiger partial charge in [0.25, 0.3) is 0 Å². The van der Waals surface area contributed by atoms with Crippen LogP contribution in [0.5, 0.6) is 0 Å². The van der Waals surface area contributed by atoms with E-state index in [4.69, 9.17) is 13.6 Å². The van der Waals surface area contributed by atoms with E-state index in [9.17, 15) is 0 Å². The number of furan rings is 1. The van der Waals surface area contributed by atoms with Crippen LogP contribution in [0.15, 0.2) is 56.5 Å². The van der Waals surface area contributed by atoms with Crippen molar-refractivity contribution >= 4 is 29.9 Å². The molecule has 0 bridgehead atoms. The van der Waals surface area contributed by atoms with Crippen LogP contribution in [0.2, 0.25) is 0 Å². The second-order valence-corrected chi connectivity index (χ2v) is 7.93. The Bertz CT molecular complexity index is 1020. The number of nitrogens with one attached hydrogen (secondary N) is 2. The third-order valence-electron chi connectivity index (χ3n) is 5.55. The minimum absolute atomic E-state index is 0. The maximum atomic E-state index is 5.94. The average molecular weight is 565 g/mol. The van der Waals surface area contributed by atoms with Gasteiger partial charge < -0.3 is 24.2 Å². The zero-order valence-corrected chi connectivity index (χ0v) is 21.7. The number of oxazole rings is 1. The molecule has 1 aliphatic rings. The fourth-order valence-corrected chi connectivity index (χ4v) is 3.74. The predicted octanol–water partition coefficient (Wildman–Crippen LogP) is 3.91. The number of morpholine rings is 1. The minimum atomic E-state index is 0. The molecule has 1 aliphatic heterocycles. The number of aromatic nitrogens is 1. The Morgan fingerprint density at radius 3 is 2.52 bits per heavy atom. The molecule has 0 amide bonds. The molecular formula is C24H32IN5O3. The number of rotatable bonds is 7. The number of benzene rings is 1. The Hall–Kier alpha value is -2.37. The Morgan fingerprint density at radius 2 is 1.85 bits per heavy atom. The van der Waals surface area contributed by atoms with Gasteiger partial charge >= 0.3 is 0 Å². The predicted molar refractivity (Wildman–Crippen MR) is 139 cm³/mol. The molecule has 9 heteroatoms. The second-order valence-electron chi connectivity index (χ2n) is 7.93. The summed E-state index contributed by atoms with van der Waals surface area (Å²) in [6, 6.07) is 12.3. The number of ether oxygens (including phenoxy) is 1. The summed E-state index contributed by atoms with van der Waals surface area (Å²) in [7, 11) is 1.76. The number of guanidine groups is 1. The number of hydrogen-bond donors (Lipinski definition) is 2. The summed E-state index contributed by atoms with van der Waals surface area (Å²) in [5.41, 5.74) is 2.98. The lowest BCUT2D eigenvalue weighted by atomic mass is 10.1. The molecule has 1 aromatic carbocycles. The summed E-state index contributed by atoms with van der Waals surface area (Å²) in [6.07, 6.45) is 1.68. The first-order chi connectivity index (χ1) is 15.6. The molecule has 1 saturated heterocycles. The van der Waals surface area contributed by atoms with Crippen molar-refractivity contribution in [3.05, 3.63) is 65.4 Å². The second kappa shape index (κ2) is 12.2. The molecule has 2 aromatic heterocycles. The van der Waals surface area contributed by atoms with Crippen LogP contribution in [0.4, 0.5) is 0 Å². The highest BCUT2D eigenvalue weighted by Crippen LogP contribution is 2.23. The van der Waals surface area contributed by atoms with Crippen molar-refractivity contribution in [1.29, 1.82) is 0 Å². The van der Waals surface area contributed by atoms with E-state index in [1.54, 1.807) is 13.3 Å². The van der Waals surface area contributed by atoms with Gasteiger partial charge in [-0.25, -0.2) is 4.98 Å². The van der Waals surface area contributed by atoms with Gasteiger partial charge in [0.15, 0.2) is 5.96 Å². The van der Waals surface area contributed by atoms with Gasteiger partial charge in [0.05, 0.1) is 31.5 Å². The molecule has 1 atom stereocenters. The first-order valence-corrected chi connectivity index (χ1v) is 11.0. The number of aryl methyl sites for hydroxylation is 2. The van der Waals surface area contributed by atoms with E-state index >= 15 is 0 Å². The molecule has 0 spiro atoms. The molecular weight excluding hydrogens is 533 g/mol. The highest BCUT2D eigenvalue weighted by Gasteiger charge is 2.25. The maximum Gasteiger partial charge on any atom is 0.226 e. The fourth-order valence-electron chi connectivity index (χ4n) is 3.74. The van der Waals surface area contributed by atoms with Crippen molar-refractivity contribution < 1.29 is 13.6 Å². The summed E-state index contributed by atoms with van der Waals surface area (Å²) < 4.78 is 17.1. The molecule has 178 valence electrons. The normalized spacial score (nSPS) is 15.7. The van der Waals surface area contributed by atoms with E-state index in [0.717, 1.165) is 49.1 Å². The van der Waals surface area contributed by atoms with Gasteiger partial charge in [-0.15, -0.1) is 24.0 Å². The van der Waals surface area contributed by atoms with Crippen LogP contribution in [0.25, 0.3) is 11.5 Å². The molecule has 3 heterocycles. The number of aliphatic imine (C=N–C) groups is 1. The summed E-state index contributed by atoms with van der Waals surface area (Å²) in [4.78, 5) is 11.3. The van der Waals surface area contributed by atoms with E-state index in [1.807, 2.05) is 25.1 Å². The van der Waals surface area contributed by atoms with Crippen molar-refractivity contribution in [1.82, 2.24) is 20.5 Å². The lowest BCUT2D eigenvalue weighted by Crippen LogP contribution is -2.46. The van der Waals surface area contributed by atoms with Crippen molar-refractivity contribution in [3.63, 3.8) is 0 Å². The molecule has 1 unspecified atom stereocenters. The lowest BCUT2D eigenvalue weighted by molar-refractivity contribution is 0.0124. The molecule has 0 radical (unpaired) electrons. The average Bonchev–Trinajstić information content (AvgIpc) is 3.46. The zero-order valence-electron chi connectivity index (χ0n) is 19.3. The molecule has 0 aliphatic carbocycles. The first kappa shape index (κ1) is 25.3. The molecule has 8 nitrogen and oxygen atoms in total. The number of halogens is 1. The summed E-state index contributed by atoms with van der Waals surface area (Å²) in [5, 5.41) is 6.74. The smallest absolute Gasteiger partial charge is 0.226 e. The van der Waals surface area contributed by atoms with E-state index in [2.05, 4.69) is 50.6 Å². The van der Waals surface area contributed by atoms with E-state index in [1.165, 1.54) is 5.56 Å². The zero-order chi connectivity index (χ0) is 22.3. The van der Waals surface area contributed by atoms with Crippen LogP contribution in [0, 0.1) is 13.8 Å². The van der Waals surface area contributed by atoms with E-state index in [-0.39, 0.29) is 30.0 Å². The lowest BCUT2D eigenvalue weighted by Gasteiger charge is -2.33. The SMILES string of the molecule is CN=C(NCc1coc(-c2ccc(C)cc2)n1)NCC(c1ccc(C)o1)N1CCOCC1.I. The van der Waals surface area contributed by atoms with Gasteiger partial charge in [0.2, 0.25) is 5.89 Å². The van der Waals surface area contributed by atoms with Gasteiger partial charge in [-0.2, -0.15) is 0 Å². The number of hydrogen-bond acceptors (Lipinski definition) is 6. The Morgan fingerprint density at radius 1 is 1.09 bits per heavy atom. The third-order valence-corrected chi connectivity index (χ3v) is 5.55. The summed E-state index contributed by atoms with van der Waals surface area (Å²) in [5.74, 6) is 3.18. The van der Waals surface area contributed by atoms with Crippen LogP contribution in [0.1, 0.15) is 28.8 Å². The van der Waals surface area contributed by atoms with Gasteiger partial charge in [0, 0.05) is 32.2 Å². The topological polar surface area (TPSA) is 88.1 Å². The van der Waals surface area contributed by atoms with E-state index in [0.29, 0.717) is 24.9 Å². The van der Waals surface area contributed by atoms with Crippen molar-refractivity contribution in [2.75, 3.05) is 39.9 Å². The standard InChI is InChI=1S/C24H31N5O3.HI/c1-17-4-7-19(8-5-17)23-28-20(16-31-23)14-26-24(25-3)27-15-21(22-9-6-18(2)32-22)29-10-12-30-13-11-29;/h4-9,16,21H,10-15H2,1-3H3,(H2,25,26,27);1H. The van der Waals surface area contributed by atoms with Crippen LogP contribution in [-0.4, -0.2) is 55.7 Å². The van der Waals surface area contributed by atoms with Crippen molar-refractivity contribution in [2.24, 2.45) is 4.99 Å². The van der Waals surface area contributed by atoms with Crippen molar-refractivity contribution in [3.8, 4) is 11.5 Å². The van der Waals surface area contributed by atoms with Crippen LogP contribution in [-0.2, 0) is 11.3 Å². The Balaban J connectivity index is 0.00000306. The highest BCUT2D eigenvalue weighted by molar-refractivity contribution is 14.0. The molecule has 4 rings (SSSR count). The fraction of sp³-hybridized carbons (Fsp3) is 0.417. The monoisotopic (exact) mass is 565 g/mol. The molecule has 1 fully saturated rings. The first-order valence-electron chi connectivity index (χ1n) is 11.0. The summed E-state index contributed by atoms with van der Waals surface area (Å²) in [6.45, 7) is 8.42. The summed E-state index contributed by atoms with van der Waals surface area (Å²) >= 11 is 0. The molecule has 33 heavy (non-hydrogen) atoms.